The molecule has 2 N–H and O–H groups in total. The highest BCUT2D eigenvalue weighted by Gasteiger charge is 2.39. The van der Waals surface area contributed by atoms with Crippen LogP contribution in [0.2, 0.25) is 0 Å². The number of nitrogens with zero attached hydrogens (tertiary/aromatic N) is 2. The van der Waals surface area contributed by atoms with Gasteiger partial charge in [0.25, 0.3) is 0 Å². The Bertz CT molecular complexity index is 363. The molecule has 3 nitrogen and oxygen atoms in total. The van der Waals surface area contributed by atoms with Gasteiger partial charge in [0, 0.05) is 25.2 Å². The minimum atomic E-state index is 0.175. The van der Waals surface area contributed by atoms with Crippen LogP contribution in [-0.2, 0) is 13.5 Å². The summed E-state index contributed by atoms with van der Waals surface area (Å²) in [5.41, 5.74) is 9.00. The van der Waals surface area contributed by atoms with Crippen molar-refractivity contribution in [3.05, 3.63) is 17.5 Å². The number of aromatic nitrogens is 2. The average Bonchev–Trinajstić information content (AvgIpc) is 2.42. The van der Waals surface area contributed by atoms with Gasteiger partial charge >= 0.3 is 0 Å². The number of aryl methyl sites for hydroxylation is 2. The number of rotatable bonds is 1. The summed E-state index contributed by atoms with van der Waals surface area (Å²) in [5, 5.41) is 4.59. The van der Waals surface area contributed by atoms with Crippen LogP contribution in [0.3, 0.4) is 0 Å². The first-order valence-electron chi connectivity index (χ1n) is 5.70. The number of fused-ring (bicyclic) bond motifs is 1. The number of hydrogen-bond donors (Lipinski definition) is 1. The highest BCUT2D eigenvalue weighted by molar-refractivity contribution is 5.28. The van der Waals surface area contributed by atoms with Crippen LogP contribution in [-0.4, -0.2) is 15.8 Å². The molecule has 1 aromatic rings. The Morgan fingerprint density at radius 1 is 1.60 bits per heavy atom. The molecule has 1 aromatic heterocycles. The van der Waals surface area contributed by atoms with Crippen LogP contribution in [0.4, 0.5) is 0 Å². The van der Waals surface area contributed by atoms with Gasteiger partial charge in [-0.05, 0) is 30.7 Å². The first-order valence-corrected chi connectivity index (χ1v) is 5.70. The maximum Gasteiger partial charge on any atom is 0.0707 e. The van der Waals surface area contributed by atoms with Crippen LogP contribution in [0, 0.1) is 5.41 Å². The van der Waals surface area contributed by atoms with Crippen molar-refractivity contribution in [3.63, 3.8) is 0 Å². The van der Waals surface area contributed by atoms with E-state index in [0.29, 0.717) is 5.92 Å². The maximum absolute atomic E-state index is 6.12. The zero-order chi connectivity index (χ0) is 11.2. The van der Waals surface area contributed by atoms with E-state index in [9.17, 15) is 0 Å². The molecule has 0 spiro atoms. The molecule has 0 fully saturated rings. The molecule has 0 bridgehead atoms. The quantitative estimate of drug-likeness (QED) is 0.763. The monoisotopic (exact) mass is 207 g/mol. The summed E-state index contributed by atoms with van der Waals surface area (Å²) in [6.45, 7) is 6.70. The zero-order valence-electron chi connectivity index (χ0n) is 10.1. The van der Waals surface area contributed by atoms with Crippen LogP contribution >= 0.6 is 0 Å². The first kappa shape index (κ1) is 10.7. The van der Waals surface area contributed by atoms with Crippen molar-refractivity contribution in [2.24, 2.45) is 18.2 Å². The Hall–Kier alpha value is -0.830. The van der Waals surface area contributed by atoms with Crippen molar-refractivity contribution in [2.45, 2.75) is 45.6 Å². The summed E-state index contributed by atoms with van der Waals surface area (Å²) in [6.07, 6.45) is 4.48. The molecule has 0 amide bonds. The van der Waals surface area contributed by atoms with E-state index in [1.54, 1.807) is 0 Å². The van der Waals surface area contributed by atoms with Crippen LogP contribution in [0.1, 0.15) is 44.4 Å². The summed E-state index contributed by atoms with van der Waals surface area (Å²) in [7, 11) is 1.99. The summed E-state index contributed by atoms with van der Waals surface area (Å²) >= 11 is 0. The normalized spacial score (nSPS) is 26.1. The standard InChI is InChI=1S/C12H21N3/c1-8(13)10-11-9(7-15(4)14-11)5-6-12(10,2)3/h7-8,10H,5-6,13H2,1-4H3. The van der Waals surface area contributed by atoms with E-state index in [1.165, 1.54) is 17.7 Å². The fraction of sp³-hybridized carbons (Fsp3) is 0.750. The third-order valence-corrected chi connectivity index (χ3v) is 3.64. The lowest BCUT2D eigenvalue weighted by molar-refractivity contribution is 0.217. The lowest BCUT2D eigenvalue weighted by Crippen LogP contribution is -2.39. The molecule has 0 saturated carbocycles. The van der Waals surface area contributed by atoms with E-state index in [0.717, 1.165) is 6.42 Å². The zero-order valence-corrected chi connectivity index (χ0v) is 10.1. The van der Waals surface area contributed by atoms with Crippen molar-refractivity contribution < 1.29 is 0 Å². The summed E-state index contributed by atoms with van der Waals surface area (Å²) < 4.78 is 1.92. The molecule has 0 aromatic carbocycles. The third-order valence-electron chi connectivity index (χ3n) is 3.64. The minimum Gasteiger partial charge on any atom is -0.327 e. The molecule has 1 aliphatic rings. The van der Waals surface area contributed by atoms with Crippen molar-refractivity contribution in [1.29, 1.82) is 0 Å². The molecular formula is C12H21N3. The highest BCUT2D eigenvalue weighted by atomic mass is 15.3. The van der Waals surface area contributed by atoms with E-state index < -0.39 is 0 Å². The van der Waals surface area contributed by atoms with Gasteiger partial charge in [0.2, 0.25) is 0 Å². The molecule has 2 unspecified atom stereocenters. The number of hydrogen-bond acceptors (Lipinski definition) is 2. The van der Waals surface area contributed by atoms with Gasteiger partial charge in [-0.1, -0.05) is 13.8 Å². The molecule has 0 aliphatic heterocycles. The van der Waals surface area contributed by atoms with Gasteiger partial charge < -0.3 is 5.73 Å². The molecule has 84 valence electrons. The molecule has 15 heavy (non-hydrogen) atoms. The summed E-state index contributed by atoms with van der Waals surface area (Å²) in [4.78, 5) is 0. The Labute approximate surface area is 91.7 Å². The van der Waals surface area contributed by atoms with Crippen LogP contribution in [0.15, 0.2) is 6.20 Å². The largest absolute Gasteiger partial charge is 0.327 e. The summed E-state index contributed by atoms with van der Waals surface area (Å²) in [5.74, 6) is 0.391. The van der Waals surface area contributed by atoms with Crippen LogP contribution in [0.25, 0.3) is 0 Å². The smallest absolute Gasteiger partial charge is 0.0707 e. The minimum absolute atomic E-state index is 0.175. The molecule has 0 radical (unpaired) electrons. The molecule has 1 aliphatic carbocycles. The average molecular weight is 207 g/mol. The molecule has 3 heteroatoms. The molecule has 0 saturated heterocycles. The fourth-order valence-corrected chi connectivity index (χ4v) is 2.95. The van der Waals surface area contributed by atoms with Gasteiger partial charge in [-0.2, -0.15) is 5.10 Å². The van der Waals surface area contributed by atoms with E-state index in [2.05, 4.69) is 32.1 Å². The van der Waals surface area contributed by atoms with E-state index >= 15 is 0 Å². The van der Waals surface area contributed by atoms with Crippen molar-refractivity contribution in [3.8, 4) is 0 Å². The lowest BCUT2D eigenvalue weighted by Gasteiger charge is -2.39. The topological polar surface area (TPSA) is 43.8 Å². The molecular weight excluding hydrogens is 186 g/mol. The molecule has 1 heterocycles. The van der Waals surface area contributed by atoms with Gasteiger partial charge in [0.15, 0.2) is 0 Å². The third kappa shape index (κ3) is 1.69. The lowest BCUT2D eigenvalue weighted by atomic mass is 9.66. The predicted octanol–water partition coefficient (Wildman–Crippen LogP) is 1.82. The maximum atomic E-state index is 6.12. The summed E-state index contributed by atoms with van der Waals surface area (Å²) in [6, 6.07) is 0.175. The van der Waals surface area contributed by atoms with Gasteiger partial charge in [0.05, 0.1) is 5.69 Å². The second-order valence-corrected chi connectivity index (χ2v) is 5.54. The second-order valence-electron chi connectivity index (χ2n) is 5.54. The van der Waals surface area contributed by atoms with Crippen molar-refractivity contribution in [1.82, 2.24) is 9.78 Å². The Morgan fingerprint density at radius 2 is 2.27 bits per heavy atom. The van der Waals surface area contributed by atoms with Gasteiger partial charge in [-0.3, -0.25) is 4.68 Å². The number of nitrogens with two attached hydrogens (primary N) is 1. The Kier molecular flexibility index (Phi) is 2.38. The molecule has 2 rings (SSSR count). The van der Waals surface area contributed by atoms with Gasteiger partial charge in [0.1, 0.15) is 0 Å². The van der Waals surface area contributed by atoms with Crippen molar-refractivity contribution >= 4 is 0 Å². The Balaban J connectivity index is 2.47. The SMILES string of the molecule is CC(N)C1c2nn(C)cc2CCC1(C)C. The fourth-order valence-electron chi connectivity index (χ4n) is 2.95. The highest BCUT2D eigenvalue weighted by Crippen LogP contribution is 2.45. The Morgan fingerprint density at radius 3 is 2.87 bits per heavy atom. The van der Waals surface area contributed by atoms with E-state index in [4.69, 9.17) is 5.73 Å². The predicted molar refractivity (Wildman–Crippen MR) is 61.7 cm³/mol. The van der Waals surface area contributed by atoms with E-state index in [1.807, 2.05) is 11.7 Å². The van der Waals surface area contributed by atoms with Crippen LogP contribution < -0.4 is 5.73 Å². The van der Waals surface area contributed by atoms with E-state index in [-0.39, 0.29) is 11.5 Å². The second kappa shape index (κ2) is 3.34. The first-order chi connectivity index (χ1) is 6.92. The molecule has 2 atom stereocenters. The van der Waals surface area contributed by atoms with Crippen LogP contribution in [0.5, 0.6) is 0 Å². The van der Waals surface area contributed by atoms with Crippen molar-refractivity contribution in [2.75, 3.05) is 0 Å². The van der Waals surface area contributed by atoms with Gasteiger partial charge in [-0.25, -0.2) is 0 Å². The van der Waals surface area contributed by atoms with Gasteiger partial charge in [-0.15, -0.1) is 0 Å².